The summed E-state index contributed by atoms with van der Waals surface area (Å²) >= 11 is 7.20. The zero-order chi connectivity index (χ0) is 15.3. The summed E-state index contributed by atoms with van der Waals surface area (Å²) in [5.41, 5.74) is -0.00106. The second-order valence-corrected chi connectivity index (χ2v) is 5.63. The standard InChI is InChI=1S/C12H15ClN2O4S/c1-7(11(6-16)20-2)14-12(17)8-3-4-10(15(18)19)9(13)5-8/h3-5,7,11,16H,6H2,1-2H3,(H,14,17). The number of nitrogens with zero attached hydrogens (tertiary/aromatic N) is 1. The molecule has 0 aliphatic heterocycles. The second kappa shape index (κ2) is 7.47. The van der Waals surface area contributed by atoms with E-state index in [-0.39, 0.29) is 40.1 Å². The molecule has 0 fully saturated rings. The first-order chi connectivity index (χ1) is 9.40. The highest BCUT2D eigenvalue weighted by Crippen LogP contribution is 2.25. The molecule has 1 amide bonds. The van der Waals surface area contributed by atoms with E-state index in [2.05, 4.69) is 5.32 Å². The van der Waals surface area contributed by atoms with Gasteiger partial charge in [0, 0.05) is 22.9 Å². The van der Waals surface area contributed by atoms with E-state index >= 15 is 0 Å². The Hall–Kier alpha value is -1.31. The van der Waals surface area contributed by atoms with Crippen molar-refractivity contribution in [1.82, 2.24) is 5.32 Å². The highest BCUT2D eigenvalue weighted by molar-refractivity contribution is 7.99. The maximum atomic E-state index is 12.0. The van der Waals surface area contributed by atoms with Gasteiger partial charge in [-0.1, -0.05) is 11.6 Å². The van der Waals surface area contributed by atoms with E-state index < -0.39 is 4.92 Å². The molecule has 2 unspecified atom stereocenters. The van der Waals surface area contributed by atoms with Crippen LogP contribution in [0.1, 0.15) is 17.3 Å². The minimum absolute atomic E-state index is 0.0520. The first-order valence-corrected chi connectivity index (χ1v) is 7.45. The number of aliphatic hydroxyl groups is 1. The Kier molecular flexibility index (Phi) is 6.25. The van der Waals surface area contributed by atoms with Gasteiger partial charge in [0.2, 0.25) is 0 Å². The summed E-state index contributed by atoms with van der Waals surface area (Å²) in [5.74, 6) is -0.387. The Balaban J connectivity index is 2.83. The van der Waals surface area contributed by atoms with Gasteiger partial charge in [-0.3, -0.25) is 14.9 Å². The highest BCUT2D eigenvalue weighted by Gasteiger charge is 2.20. The fourth-order valence-electron chi connectivity index (χ4n) is 1.62. The number of halogens is 1. The summed E-state index contributed by atoms with van der Waals surface area (Å²) in [7, 11) is 0. The number of carbonyl (C=O) groups is 1. The number of hydrogen-bond donors (Lipinski definition) is 2. The molecule has 1 aromatic rings. The van der Waals surface area contributed by atoms with Crippen LogP contribution in [0.2, 0.25) is 5.02 Å². The van der Waals surface area contributed by atoms with Gasteiger partial charge in [0.05, 0.1) is 11.5 Å². The zero-order valence-corrected chi connectivity index (χ0v) is 12.6. The summed E-state index contributed by atoms with van der Waals surface area (Å²) in [6.45, 7) is 1.73. The van der Waals surface area contributed by atoms with Gasteiger partial charge in [0.15, 0.2) is 0 Å². The van der Waals surface area contributed by atoms with E-state index in [1.807, 2.05) is 6.26 Å². The lowest BCUT2D eigenvalue weighted by atomic mass is 10.1. The number of nitrogens with one attached hydrogen (secondary N) is 1. The number of hydrogen-bond acceptors (Lipinski definition) is 5. The summed E-state index contributed by atoms with van der Waals surface area (Å²) in [4.78, 5) is 22.0. The Bertz CT molecular complexity index is 508. The summed E-state index contributed by atoms with van der Waals surface area (Å²) in [5, 5.41) is 22.3. The van der Waals surface area contributed by atoms with Crippen LogP contribution in [0.3, 0.4) is 0 Å². The van der Waals surface area contributed by atoms with Crippen LogP contribution in [0.4, 0.5) is 5.69 Å². The van der Waals surface area contributed by atoms with Crippen molar-refractivity contribution in [3.8, 4) is 0 Å². The normalized spacial score (nSPS) is 13.6. The van der Waals surface area contributed by atoms with Crippen molar-refractivity contribution in [2.24, 2.45) is 0 Å². The second-order valence-electron chi connectivity index (χ2n) is 4.14. The van der Waals surface area contributed by atoms with Crippen molar-refractivity contribution in [2.45, 2.75) is 18.2 Å². The number of rotatable bonds is 6. The third-order valence-electron chi connectivity index (χ3n) is 2.81. The molecular weight excluding hydrogens is 304 g/mol. The smallest absolute Gasteiger partial charge is 0.287 e. The van der Waals surface area contributed by atoms with Crippen molar-refractivity contribution in [3.63, 3.8) is 0 Å². The molecule has 1 aromatic carbocycles. The van der Waals surface area contributed by atoms with E-state index in [1.165, 1.54) is 30.0 Å². The van der Waals surface area contributed by atoms with Crippen LogP contribution in [-0.2, 0) is 0 Å². The number of aliphatic hydroxyl groups excluding tert-OH is 1. The molecule has 110 valence electrons. The number of benzene rings is 1. The fraction of sp³-hybridized carbons (Fsp3) is 0.417. The first kappa shape index (κ1) is 16.7. The lowest BCUT2D eigenvalue weighted by molar-refractivity contribution is -0.384. The Morgan fingerprint density at radius 1 is 1.60 bits per heavy atom. The van der Waals surface area contributed by atoms with Crippen LogP contribution in [0.15, 0.2) is 18.2 Å². The predicted molar refractivity (Wildman–Crippen MR) is 79.4 cm³/mol. The summed E-state index contributed by atoms with van der Waals surface area (Å²) < 4.78 is 0. The van der Waals surface area contributed by atoms with Crippen molar-refractivity contribution in [2.75, 3.05) is 12.9 Å². The maximum Gasteiger partial charge on any atom is 0.287 e. The highest BCUT2D eigenvalue weighted by atomic mass is 35.5. The number of nitro groups is 1. The molecule has 0 aliphatic carbocycles. The molecule has 8 heteroatoms. The number of amides is 1. The lowest BCUT2D eigenvalue weighted by Crippen LogP contribution is -2.41. The molecule has 0 aromatic heterocycles. The molecule has 0 bridgehead atoms. The third kappa shape index (κ3) is 4.09. The van der Waals surface area contributed by atoms with Gasteiger partial charge in [0.1, 0.15) is 5.02 Å². The van der Waals surface area contributed by atoms with Crippen molar-refractivity contribution >= 4 is 35.0 Å². The van der Waals surface area contributed by atoms with E-state index in [9.17, 15) is 14.9 Å². The van der Waals surface area contributed by atoms with Gasteiger partial charge in [-0.15, -0.1) is 0 Å². The molecule has 0 spiro atoms. The van der Waals surface area contributed by atoms with Crippen molar-refractivity contribution in [1.29, 1.82) is 0 Å². The van der Waals surface area contributed by atoms with Crippen molar-refractivity contribution in [3.05, 3.63) is 38.9 Å². The minimum Gasteiger partial charge on any atom is -0.395 e. The Morgan fingerprint density at radius 2 is 2.25 bits per heavy atom. The largest absolute Gasteiger partial charge is 0.395 e. The number of thioether (sulfide) groups is 1. The summed E-state index contributed by atoms with van der Waals surface area (Å²) in [6, 6.07) is 3.56. The van der Waals surface area contributed by atoms with Gasteiger partial charge in [0.25, 0.3) is 11.6 Å². The topological polar surface area (TPSA) is 92.5 Å². The summed E-state index contributed by atoms with van der Waals surface area (Å²) in [6.07, 6.45) is 1.84. The van der Waals surface area contributed by atoms with Gasteiger partial charge in [-0.2, -0.15) is 11.8 Å². The zero-order valence-electron chi connectivity index (χ0n) is 11.0. The van der Waals surface area contributed by atoms with E-state index in [0.717, 1.165) is 0 Å². The van der Waals surface area contributed by atoms with Gasteiger partial charge < -0.3 is 10.4 Å². The molecule has 2 N–H and O–H groups in total. The maximum absolute atomic E-state index is 12.0. The first-order valence-electron chi connectivity index (χ1n) is 5.79. The lowest BCUT2D eigenvalue weighted by Gasteiger charge is -2.21. The van der Waals surface area contributed by atoms with Crippen LogP contribution < -0.4 is 5.32 Å². The Morgan fingerprint density at radius 3 is 2.70 bits per heavy atom. The Labute approximate surface area is 125 Å². The molecule has 0 aliphatic rings. The molecule has 0 saturated carbocycles. The molecule has 2 atom stereocenters. The van der Waals surface area contributed by atoms with E-state index in [4.69, 9.17) is 16.7 Å². The number of carbonyl (C=O) groups excluding carboxylic acids is 1. The fourth-order valence-corrected chi connectivity index (χ4v) is 2.49. The molecule has 0 saturated heterocycles. The number of nitro benzene ring substituents is 1. The van der Waals surface area contributed by atoms with Crippen molar-refractivity contribution < 1.29 is 14.8 Å². The van der Waals surface area contributed by atoms with Crippen LogP contribution in [0, 0.1) is 10.1 Å². The van der Waals surface area contributed by atoms with E-state index in [1.54, 1.807) is 6.92 Å². The quantitative estimate of drug-likeness (QED) is 0.619. The average molecular weight is 319 g/mol. The van der Waals surface area contributed by atoms with Crippen LogP contribution in [0.25, 0.3) is 0 Å². The molecule has 20 heavy (non-hydrogen) atoms. The van der Waals surface area contributed by atoms with E-state index in [0.29, 0.717) is 0 Å². The van der Waals surface area contributed by atoms with Gasteiger partial charge in [-0.25, -0.2) is 0 Å². The van der Waals surface area contributed by atoms with Crippen LogP contribution >= 0.6 is 23.4 Å². The SMILES string of the molecule is CSC(CO)C(C)NC(=O)c1ccc([N+](=O)[O-])c(Cl)c1. The molecule has 0 radical (unpaired) electrons. The minimum atomic E-state index is -0.609. The predicted octanol–water partition coefficient (Wildman–Crippen LogP) is 2.09. The van der Waals surface area contributed by atoms with Gasteiger partial charge >= 0.3 is 0 Å². The average Bonchev–Trinajstić information content (AvgIpc) is 2.39. The van der Waals surface area contributed by atoms with Crippen LogP contribution in [-0.4, -0.2) is 40.1 Å². The monoisotopic (exact) mass is 318 g/mol. The molecular formula is C12H15ClN2O4S. The third-order valence-corrected chi connectivity index (χ3v) is 4.27. The molecule has 6 nitrogen and oxygen atoms in total. The molecule has 1 rings (SSSR count). The van der Waals surface area contributed by atoms with Gasteiger partial charge in [-0.05, 0) is 25.3 Å². The molecule has 0 heterocycles. The van der Waals surface area contributed by atoms with Crippen LogP contribution in [0.5, 0.6) is 0 Å².